The minimum atomic E-state index is -3.57. The molecule has 0 bridgehead atoms. The van der Waals surface area contributed by atoms with Gasteiger partial charge in [-0.3, -0.25) is 0 Å². The van der Waals surface area contributed by atoms with E-state index >= 15 is 0 Å². The second-order valence-corrected chi connectivity index (χ2v) is 6.94. The molecule has 0 spiro atoms. The maximum Gasteiger partial charge on any atom is 0.240 e. The summed E-state index contributed by atoms with van der Waals surface area (Å²) in [6.07, 6.45) is 2.36. The number of anilines is 1. The second kappa shape index (κ2) is 5.11. The van der Waals surface area contributed by atoms with Gasteiger partial charge in [0.05, 0.1) is 4.90 Å². The number of sulfonamides is 1. The minimum Gasteiger partial charge on any atom is -0.399 e. The van der Waals surface area contributed by atoms with E-state index in [4.69, 9.17) is 5.73 Å². The summed E-state index contributed by atoms with van der Waals surface area (Å²) in [7, 11) is -3.57. The van der Waals surface area contributed by atoms with Gasteiger partial charge in [0.15, 0.2) is 0 Å². The van der Waals surface area contributed by atoms with E-state index in [0.717, 1.165) is 18.4 Å². The van der Waals surface area contributed by atoms with Crippen molar-refractivity contribution in [1.29, 1.82) is 0 Å². The lowest BCUT2D eigenvalue weighted by Gasteiger charge is -2.15. The highest BCUT2D eigenvalue weighted by Gasteiger charge is 2.42. The molecule has 106 valence electrons. The van der Waals surface area contributed by atoms with Crippen LogP contribution in [-0.2, 0) is 16.4 Å². The number of benzene rings is 1. The maximum atomic E-state index is 12.3. The van der Waals surface area contributed by atoms with Crippen LogP contribution in [0, 0.1) is 5.41 Å². The zero-order valence-corrected chi connectivity index (χ0v) is 11.8. The summed E-state index contributed by atoms with van der Waals surface area (Å²) in [6, 6.07) is 4.93. The molecular weight excluding hydrogens is 264 g/mol. The van der Waals surface area contributed by atoms with E-state index in [-0.39, 0.29) is 23.5 Å². The number of hydrogen-bond acceptors (Lipinski definition) is 4. The van der Waals surface area contributed by atoms with Gasteiger partial charge in [0.25, 0.3) is 0 Å². The van der Waals surface area contributed by atoms with Crippen molar-refractivity contribution in [2.75, 3.05) is 18.9 Å². The van der Waals surface area contributed by atoms with Gasteiger partial charge in [-0.1, -0.05) is 13.0 Å². The van der Waals surface area contributed by atoms with Crippen molar-refractivity contribution in [2.45, 2.75) is 31.1 Å². The first-order valence-corrected chi connectivity index (χ1v) is 7.90. The SMILES string of the molecule is CCc1ccc(N)cc1S(=O)(=O)NCC1(CO)CC1. The Morgan fingerprint density at radius 2 is 2.11 bits per heavy atom. The molecule has 1 aromatic carbocycles. The predicted octanol–water partition coefficient (Wildman–Crippen LogP) is 0.882. The average Bonchev–Trinajstić information content (AvgIpc) is 3.17. The van der Waals surface area contributed by atoms with Crippen LogP contribution in [0.2, 0.25) is 0 Å². The fourth-order valence-corrected chi connectivity index (χ4v) is 3.51. The van der Waals surface area contributed by atoms with Crippen LogP contribution in [0.15, 0.2) is 23.1 Å². The molecule has 0 saturated heterocycles. The molecule has 5 nitrogen and oxygen atoms in total. The molecule has 1 saturated carbocycles. The van der Waals surface area contributed by atoms with Crippen molar-refractivity contribution >= 4 is 15.7 Å². The Morgan fingerprint density at radius 1 is 1.42 bits per heavy atom. The van der Waals surface area contributed by atoms with E-state index in [1.807, 2.05) is 6.92 Å². The standard InChI is InChI=1S/C13H20N2O3S/c1-2-10-3-4-11(14)7-12(10)19(17,18)15-8-13(9-16)5-6-13/h3-4,7,15-16H,2,5-6,8-9,14H2,1H3. The van der Waals surface area contributed by atoms with Crippen LogP contribution in [0.1, 0.15) is 25.3 Å². The van der Waals surface area contributed by atoms with E-state index in [0.29, 0.717) is 12.1 Å². The van der Waals surface area contributed by atoms with Crippen LogP contribution in [0.4, 0.5) is 5.69 Å². The number of hydrogen-bond donors (Lipinski definition) is 3. The maximum absolute atomic E-state index is 12.3. The van der Waals surface area contributed by atoms with Crippen molar-refractivity contribution in [2.24, 2.45) is 5.41 Å². The molecule has 0 unspecified atom stereocenters. The van der Waals surface area contributed by atoms with Crippen LogP contribution < -0.4 is 10.5 Å². The summed E-state index contributed by atoms with van der Waals surface area (Å²) in [5.74, 6) is 0. The fourth-order valence-electron chi connectivity index (χ4n) is 2.01. The Balaban J connectivity index is 2.21. The third-order valence-electron chi connectivity index (χ3n) is 3.69. The lowest BCUT2D eigenvalue weighted by molar-refractivity contribution is 0.213. The van der Waals surface area contributed by atoms with Crippen LogP contribution in [0.5, 0.6) is 0 Å². The van der Waals surface area contributed by atoms with Gasteiger partial charge in [0.2, 0.25) is 10.0 Å². The fraction of sp³-hybridized carbons (Fsp3) is 0.538. The summed E-state index contributed by atoms with van der Waals surface area (Å²) in [5, 5.41) is 9.21. The van der Waals surface area contributed by atoms with Crippen molar-refractivity contribution in [3.05, 3.63) is 23.8 Å². The molecule has 0 heterocycles. The zero-order chi connectivity index (χ0) is 14.1. The zero-order valence-electron chi connectivity index (χ0n) is 11.0. The first kappa shape index (κ1) is 14.3. The van der Waals surface area contributed by atoms with E-state index in [1.54, 1.807) is 12.1 Å². The Morgan fingerprint density at radius 3 is 2.63 bits per heavy atom. The molecule has 4 N–H and O–H groups in total. The first-order chi connectivity index (χ1) is 8.92. The number of nitrogens with two attached hydrogens (primary N) is 1. The predicted molar refractivity (Wildman–Crippen MR) is 74.2 cm³/mol. The van der Waals surface area contributed by atoms with Gasteiger partial charge >= 0.3 is 0 Å². The molecule has 0 amide bonds. The summed E-state index contributed by atoms with van der Waals surface area (Å²) >= 11 is 0. The molecule has 1 aliphatic carbocycles. The van der Waals surface area contributed by atoms with E-state index in [2.05, 4.69) is 4.72 Å². The molecule has 0 aromatic heterocycles. The minimum absolute atomic E-state index is 0.0209. The molecule has 2 rings (SSSR count). The average molecular weight is 284 g/mol. The van der Waals surface area contributed by atoms with Gasteiger partial charge in [-0.2, -0.15) is 0 Å². The Labute approximate surface area is 113 Å². The molecule has 1 aromatic rings. The highest BCUT2D eigenvalue weighted by atomic mass is 32.2. The summed E-state index contributed by atoms with van der Waals surface area (Å²) in [6.45, 7) is 2.21. The van der Waals surface area contributed by atoms with Gasteiger partial charge in [-0.05, 0) is 37.0 Å². The van der Waals surface area contributed by atoms with Crippen LogP contribution in [0.3, 0.4) is 0 Å². The van der Waals surface area contributed by atoms with Crippen molar-refractivity contribution in [1.82, 2.24) is 4.72 Å². The molecule has 1 aliphatic rings. The van der Waals surface area contributed by atoms with Crippen molar-refractivity contribution in [3.8, 4) is 0 Å². The highest BCUT2D eigenvalue weighted by molar-refractivity contribution is 7.89. The number of rotatable bonds is 6. The molecule has 19 heavy (non-hydrogen) atoms. The third-order valence-corrected chi connectivity index (χ3v) is 5.17. The third kappa shape index (κ3) is 3.08. The number of aliphatic hydroxyl groups excluding tert-OH is 1. The van der Waals surface area contributed by atoms with Crippen LogP contribution in [-0.4, -0.2) is 26.7 Å². The molecule has 1 fully saturated rings. The first-order valence-electron chi connectivity index (χ1n) is 6.41. The molecule has 0 radical (unpaired) electrons. The lowest BCUT2D eigenvalue weighted by atomic mass is 10.1. The smallest absolute Gasteiger partial charge is 0.240 e. The van der Waals surface area contributed by atoms with Gasteiger partial charge in [-0.15, -0.1) is 0 Å². The molecule has 0 aliphatic heterocycles. The van der Waals surface area contributed by atoms with Gasteiger partial charge in [0.1, 0.15) is 0 Å². The summed E-state index contributed by atoms with van der Waals surface area (Å²) in [5.41, 5.74) is 6.59. The number of aryl methyl sites for hydroxylation is 1. The van der Waals surface area contributed by atoms with Gasteiger partial charge < -0.3 is 10.8 Å². The second-order valence-electron chi connectivity index (χ2n) is 5.20. The van der Waals surface area contributed by atoms with Gasteiger partial charge in [0, 0.05) is 24.3 Å². The summed E-state index contributed by atoms with van der Waals surface area (Å²) in [4.78, 5) is 0.240. The monoisotopic (exact) mass is 284 g/mol. The highest BCUT2D eigenvalue weighted by Crippen LogP contribution is 2.44. The van der Waals surface area contributed by atoms with Crippen molar-refractivity contribution < 1.29 is 13.5 Å². The normalized spacial score (nSPS) is 17.4. The van der Waals surface area contributed by atoms with Crippen molar-refractivity contribution in [3.63, 3.8) is 0 Å². The Hall–Kier alpha value is -1.11. The number of aliphatic hydroxyl groups is 1. The molecule has 6 heteroatoms. The van der Waals surface area contributed by atoms with Crippen LogP contribution >= 0.6 is 0 Å². The van der Waals surface area contributed by atoms with E-state index in [1.165, 1.54) is 6.07 Å². The largest absolute Gasteiger partial charge is 0.399 e. The quantitative estimate of drug-likeness (QED) is 0.676. The number of nitrogen functional groups attached to an aromatic ring is 1. The van der Waals surface area contributed by atoms with Gasteiger partial charge in [-0.25, -0.2) is 13.1 Å². The molecule has 0 atom stereocenters. The Bertz CT molecular complexity index is 565. The van der Waals surface area contributed by atoms with E-state index < -0.39 is 10.0 Å². The topological polar surface area (TPSA) is 92.4 Å². The van der Waals surface area contributed by atoms with E-state index in [9.17, 15) is 13.5 Å². The lowest BCUT2D eigenvalue weighted by Crippen LogP contribution is -2.32. The Kier molecular flexibility index (Phi) is 3.85. The summed E-state index contributed by atoms with van der Waals surface area (Å²) < 4.78 is 27.2. The van der Waals surface area contributed by atoms with Crippen LogP contribution in [0.25, 0.3) is 0 Å². The molecular formula is C13H20N2O3S. The number of nitrogens with one attached hydrogen (secondary N) is 1.